The highest BCUT2D eigenvalue weighted by atomic mass is 19.3. The topological polar surface area (TPSA) is 50.8 Å². The molecule has 1 aliphatic rings. The molecule has 1 aliphatic heterocycles. The molecule has 7 heteroatoms. The van der Waals surface area contributed by atoms with E-state index in [0.717, 1.165) is 32.5 Å². The van der Waals surface area contributed by atoms with Gasteiger partial charge in [-0.1, -0.05) is 19.1 Å². The van der Waals surface area contributed by atoms with E-state index in [1.807, 2.05) is 0 Å². The van der Waals surface area contributed by atoms with Crippen LogP contribution in [0.2, 0.25) is 0 Å². The normalized spacial score (nSPS) is 18.3. The van der Waals surface area contributed by atoms with E-state index in [9.17, 15) is 13.6 Å². The van der Waals surface area contributed by atoms with Crippen LogP contribution in [0.15, 0.2) is 24.3 Å². The smallest absolute Gasteiger partial charge is 0.387 e. The van der Waals surface area contributed by atoms with Crippen molar-refractivity contribution >= 4 is 12.0 Å². The third-order valence-electron chi connectivity index (χ3n) is 4.47. The van der Waals surface area contributed by atoms with Crippen LogP contribution in [-0.4, -0.2) is 50.7 Å². The van der Waals surface area contributed by atoms with Crippen molar-refractivity contribution in [3.63, 3.8) is 0 Å². The zero-order valence-corrected chi connectivity index (χ0v) is 15.2. The number of para-hydroxylation sites is 1. The Balaban J connectivity index is 1.95. The fourth-order valence-corrected chi connectivity index (χ4v) is 3.11. The monoisotopic (exact) mass is 368 g/mol. The Kier molecular flexibility index (Phi) is 7.84. The molecule has 0 radical (unpaired) electrons. The van der Waals surface area contributed by atoms with Crippen molar-refractivity contribution in [2.75, 3.05) is 33.3 Å². The number of hydrogen-bond donors (Lipinski definition) is 1. The van der Waals surface area contributed by atoms with E-state index in [0.29, 0.717) is 18.0 Å². The molecule has 26 heavy (non-hydrogen) atoms. The predicted molar refractivity (Wildman–Crippen MR) is 96.5 cm³/mol. The number of alkyl halides is 2. The molecule has 1 heterocycles. The van der Waals surface area contributed by atoms with Gasteiger partial charge in [0, 0.05) is 24.7 Å². The molecule has 0 spiro atoms. The van der Waals surface area contributed by atoms with Crippen LogP contribution >= 0.6 is 0 Å². The van der Waals surface area contributed by atoms with Gasteiger partial charge in [0.2, 0.25) is 5.91 Å². The average molecular weight is 368 g/mol. The zero-order chi connectivity index (χ0) is 18.9. The summed E-state index contributed by atoms with van der Waals surface area (Å²) in [5.74, 6) is 0.287. The first-order valence-corrected chi connectivity index (χ1v) is 8.83. The maximum absolute atomic E-state index is 12.6. The molecule has 5 nitrogen and oxygen atoms in total. The highest BCUT2D eigenvalue weighted by Gasteiger charge is 2.19. The zero-order valence-electron chi connectivity index (χ0n) is 15.2. The van der Waals surface area contributed by atoms with Crippen molar-refractivity contribution in [3.8, 4) is 11.5 Å². The van der Waals surface area contributed by atoms with Crippen LogP contribution in [0.3, 0.4) is 0 Å². The standard InChI is InChI=1S/C19H26F2N2O3/c1-3-23-11-5-6-14(13-23)12-22-17(24)10-9-15-7-4-8-16(25-2)18(15)26-19(20)21/h4,7-10,14,19H,3,5-6,11-13H2,1-2H3,(H,22,24)/b10-9+/t14-/m1/s1. The summed E-state index contributed by atoms with van der Waals surface area (Å²) in [5.41, 5.74) is 0.356. The molecule has 1 fully saturated rings. The number of hydrogen-bond acceptors (Lipinski definition) is 4. The van der Waals surface area contributed by atoms with Gasteiger partial charge in [0.05, 0.1) is 7.11 Å². The summed E-state index contributed by atoms with van der Waals surface area (Å²) < 4.78 is 34.8. The van der Waals surface area contributed by atoms with Gasteiger partial charge in [0.15, 0.2) is 11.5 Å². The number of methoxy groups -OCH3 is 1. The maximum Gasteiger partial charge on any atom is 0.387 e. The molecule has 1 saturated heterocycles. The quantitative estimate of drug-likeness (QED) is 0.716. The fourth-order valence-electron chi connectivity index (χ4n) is 3.11. The minimum absolute atomic E-state index is 0.0834. The third-order valence-corrected chi connectivity index (χ3v) is 4.47. The van der Waals surface area contributed by atoms with Gasteiger partial charge < -0.3 is 19.7 Å². The molecule has 0 saturated carbocycles. The van der Waals surface area contributed by atoms with E-state index in [1.54, 1.807) is 12.1 Å². The van der Waals surface area contributed by atoms with Crippen molar-refractivity contribution in [3.05, 3.63) is 29.8 Å². The lowest BCUT2D eigenvalue weighted by molar-refractivity contribution is -0.116. The number of carbonyl (C=O) groups excluding carboxylic acids is 1. The van der Waals surface area contributed by atoms with Crippen LogP contribution in [-0.2, 0) is 4.79 Å². The van der Waals surface area contributed by atoms with Gasteiger partial charge >= 0.3 is 6.61 Å². The second-order valence-corrected chi connectivity index (χ2v) is 6.24. The SMILES string of the molecule is CCN1CCC[C@H](CNC(=O)/C=C/c2cccc(OC)c2OC(F)F)C1. The van der Waals surface area contributed by atoms with Gasteiger partial charge in [0.1, 0.15) is 0 Å². The molecule has 1 atom stereocenters. The second kappa shape index (κ2) is 10.1. The molecule has 1 N–H and O–H groups in total. The van der Waals surface area contributed by atoms with Gasteiger partial charge in [-0.15, -0.1) is 0 Å². The van der Waals surface area contributed by atoms with Gasteiger partial charge in [0.25, 0.3) is 0 Å². The number of halogens is 2. The van der Waals surface area contributed by atoms with Crippen LogP contribution < -0.4 is 14.8 Å². The first kappa shape index (κ1) is 20.2. The van der Waals surface area contributed by atoms with Crippen molar-refractivity contribution < 1.29 is 23.0 Å². The Morgan fingerprint density at radius 2 is 2.27 bits per heavy atom. The van der Waals surface area contributed by atoms with Crippen LogP contribution in [0.4, 0.5) is 8.78 Å². The Bertz CT molecular complexity index is 623. The fraction of sp³-hybridized carbons (Fsp3) is 0.526. The highest BCUT2D eigenvalue weighted by Crippen LogP contribution is 2.33. The number of carbonyl (C=O) groups is 1. The Morgan fingerprint density at radius 1 is 1.46 bits per heavy atom. The highest BCUT2D eigenvalue weighted by molar-refractivity contribution is 5.92. The molecule has 1 amide bonds. The summed E-state index contributed by atoms with van der Waals surface area (Å²) in [5, 5.41) is 2.88. The van der Waals surface area contributed by atoms with E-state index < -0.39 is 6.61 Å². The number of likely N-dealkylation sites (tertiary alicyclic amines) is 1. The number of amides is 1. The summed E-state index contributed by atoms with van der Waals surface area (Å²) in [6, 6.07) is 4.76. The number of nitrogens with one attached hydrogen (secondary N) is 1. The van der Waals surface area contributed by atoms with Crippen LogP contribution in [0.1, 0.15) is 25.3 Å². The van der Waals surface area contributed by atoms with Crippen molar-refractivity contribution in [2.45, 2.75) is 26.4 Å². The van der Waals surface area contributed by atoms with E-state index in [4.69, 9.17) is 4.74 Å². The average Bonchev–Trinajstić information content (AvgIpc) is 2.65. The summed E-state index contributed by atoms with van der Waals surface area (Å²) in [6.07, 6.45) is 5.02. The Hall–Kier alpha value is -2.15. The molecule has 0 unspecified atom stereocenters. The maximum atomic E-state index is 12.6. The van der Waals surface area contributed by atoms with E-state index in [-0.39, 0.29) is 17.4 Å². The summed E-state index contributed by atoms with van der Waals surface area (Å²) in [6.45, 7) is 2.90. The molecule has 0 aromatic heterocycles. The van der Waals surface area contributed by atoms with Gasteiger partial charge in [-0.05, 0) is 44.0 Å². The molecule has 0 bridgehead atoms. The lowest BCUT2D eigenvalue weighted by Crippen LogP contribution is -2.40. The summed E-state index contributed by atoms with van der Waals surface area (Å²) in [4.78, 5) is 14.4. The van der Waals surface area contributed by atoms with Crippen molar-refractivity contribution in [2.24, 2.45) is 5.92 Å². The molecule has 0 aliphatic carbocycles. The molecule has 1 aromatic carbocycles. The minimum atomic E-state index is -2.97. The predicted octanol–water partition coefficient (Wildman–Crippen LogP) is 3.16. The van der Waals surface area contributed by atoms with Crippen molar-refractivity contribution in [1.82, 2.24) is 10.2 Å². The Labute approximate surface area is 153 Å². The van der Waals surface area contributed by atoms with Gasteiger partial charge in [-0.3, -0.25) is 4.79 Å². The molecular formula is C19H26F2N2O3. The molecular weight excluding hydrogens is 342 g/mol. The van der Waals surface area contributed by atoms with Crippen LogP contribution in [0.5, 0.6) is 11.5 Å². The first-order valence-electron chi connectivity index (χ1n) is 8.83. The molecule has 144 valence electrons. The van der Waals surface area contributed by atoms with Crippen molar-refractivity contribution in [1.29, 1.82) is 0 Å². The number of rotatable bonds is 8. The van der Waals surface area contributed by atoms with E-state index >= 15 is 0 Å². The number of piperidine rings is 1. The number of benzene rings is 1. The largest absolute Gasteiger partial charge is 0.493 e. The van der Waals surface area contributed by atoms with Gasteiger partial charge in [-0.2, -0.15) is 8.78 Å². The lowest BCUT2D eigenvalue weighted by Gasteiger charge is -2.31. The molecule has 2 rings (SSSR count). The second-order valence-electron chi connectivity index (χ2n) is 6.24. The van der Waals surface area contributed by atoms with Crippen LogP contribution in [0, 0.1) is 5.92 Å². The van der Waals surface area contributed by atoms with Crippen LogP contribution in [0.25, 0.3) is 6.08 Å². The van der Waals surface area contributed by atoms with E-state index in [1.165, 1.54) is 25.3 Å². The number of ether oxygens (including phenoxy) is 2. The van der Waals surface area contributed by atoms with Gasteiger partial charge in [-0.25, -0.2) is 0 Å². The lowest BCUT2D eigenvalue weighted by atomic mass is 9.98. The minimum Gasteiger partial charge on any atom is -0.493 e. The third kappa shape index (κ3) is 5.98. The summed E-state index contributed by atoms with van der Waals surface area (Å²) in [7, 11) is 1.37. The Morgan fingerprint density at radius 3 is 2.96 bits per heavy atom. The summed E-state index contributed by atoms with van der Waals surface area (Å²) >= 11 is 0. The molecule has 1 aromatic rings. The number of nitrogens with zero attached hydrogens (tertiary/aromatic N) is 1. The van der Waals surface area contributed by atoms with E-state index in [2.05, 4.69) is 21.9 Å². The first-order chi connectivity index (χ1) is 12.5.